The Kier molecular flexibility index (Phi) is 6.58. The highest BCUT2D eigenvalue weighted by molar-refractivity contribution is 5.76. The van der Waals surface area contributed by atoms with Gasteiger partial charge in [0, 0.05) is 12.6 Å². The number of carbonyl (C=O) groups excluding carboxylic acids is 1. The van der Waals surface area contributed by atoms with Gasteiger partial charge in [0.05, 0.1) is 12.2 Å². The number of aliphatic hydroxyl groups is 2. The van der Waals surface area contributed by atoms with Crippen molar-refractivity contribution in [3.63, 3.8) is 0 Å². The zero-order chi connectivity index (χ0) is 22.4. The van der Waals surface area contributed by atoms with E-state index in [1.165, 1.54) is 25.7 Å². The largest absolute Gasteiger partial charge is 0.393 e. The Morgan fingerprint density at radius 1 is 1.10 bits per heavy atom. The van der Waals surface area contributed by atoms with Gasteiger partial charge in [0.2, 0.25) is 5.91 Å². The lowest BCUT2D eigenvalue weighted by Gasteiger charge is -2.62. The second-order valence-corrected chi connectivity index (χ2v) is 11.9. The van der Waals surface area contributed by atoms with Gasteiger partial charge in [-0.2, -0.15) is 5.10 Å². The number of hydrogen-bond acceptors (Lipinski definition) is 4. The summed E-state index contributed by atoms with van der Waals surface area (Å²) in [6, 6.07) is 0. The minimum atomic E-state index is -0.218. The van der Waals surface area contributed by atoms with Crippen LogP contribution in [-0.4, -0.2) is 34.5 Å². The number of hydrogen-bond donors (Lipinski definition) is 3. The number of aliphatic hydroxyl groups excluding tert-OH is 2. The fourth-order valence-electron chi connectivity index (χ4n) is 8.93. The van der Waals surface area contributed by atoms with Crippen LogP contribution < -0.4 is 5.43 Å². The molecule has 0 aromatic heterocycles. The average molecular weight is 433 g/mol. The summed E-state index contributed by atoms with van der Waals surface area (Å²) in [7, 11) is 0. The van der Waals surface area contributed by atoms with Crippen LogP contribution in [-0.2, 0) is 4.79 Å². The second-order valence-electron chi connectivity index (χ2n) is 11.9. The first kappa shape index (κ1) is 23.2. The van der Waals surface area contributed by atoms with Gasteiger partial charge in [0.25, 0.3) is 0 Å². The minimum Gasteiger partial charge on any atom is -0.393 e. The molecule has 5 nitrogen and oxygen atoms in total. The molecule has 0 aliphatic heterocycles. The van der Waals surface area contributed by atoms with Crippen molar-refractivity contribution in [2.75, 3.05) is 0 Å². The van der Waals surface area contributed by atoms with E-state index in [0.29, 0.717) is 41.9 Å². The maximum absolute atomic E-state index is 12.0. The van der Waals surface area contributed by atoms with Crippen molar-refractivity contribution in [1.82, 2.24) is 5.43 Å². The van der Waals surface area contributed by atoms with Gasteiger partial charge in [0.15, 0.2) is 0 Å². The van der Waals surface area contributed by atoms with Gasteiger partial charge in [-0.3, -0.25) is 4.79 Å². The number of carbonyl (C=O) groups is 1. The van der Waals surface area contributed by atoms with Crippen molar-refractivity contribution < 1.29 is 15.0 Å². The van der Waals surface area contributed by atoms with Gasteiger partial charge in [-0.25, -0.2) is 5.43 Å². The molecule has 0 saturated heterocycles. The van der Waals surface area contributed by atoms with Crippen LogP contribution in [0.25, 0.3) is 0 Å². The first-order chi connectivity index (χ1) is 14.7. The van der Waals surface area contributed by atoms with E-state index >= 15 is 0 Å². The van der Waals surface area contributed by atoms with Gasteiger partial charge < -0.3 is 10.2 Å². The third-order valence-corrected chi connectivity index (χ3v) is 10.6. The Balaban J connectivity index is 1.47. The smallest absolute Gasteiger partial charge is 0.240 e. The molecule has 10 atom stereocenters. The predicted octanol–water partition coefficient (Wildman–Crippen LogP) is 4.52. The predicted molar refractivity (Wildman–Crippen MR) is 123 cm³/mol. The van der Waals surface area contributed by atoms with E-state index in [-0.39, 0.29) is 28.9 Å². The third kappa shape index (κ3) is 3.99. The SMILES string of the molecule is C/C=N/NC(=O)CCC(C)C1CCC2C3C(O)CC4CC(O)CCC4(C)C3CCC12C. The van der Waals surface area contributed by atoms with E-state index in [2.05, 4.69) is 31.3 Å². The molecule has 4 aliphatic carbocycles. The topological polar surface area (TPSA) is 81.9 Å². The Labute approximate surface area is 188 Å². The molecule has 31 heavy (non-hydrogen) atoms. The van der Waals surface area contributed by atoms with Crippen LogP contribution >= 0.6 is 0 Å². The van der Waals surface area contributed by atoms with E-state index in [1.54, 1.807) is 13.1 Å². The quantitative estimate of drug-likeness (QED) is 0.441. The summed E-state index contributed by atoms with van der Waals surface area (Å²) < 4.78 is 0. The van der Waals surface area contributed by atoms with Crippen LogP contribution in [0.2, 0.25) is 0 Å². The van der Waals surface area contributed by atoms with Crippen LogP contribution in [0, 0.1) is 46.3 Å². The molecule has 0 aromatic rings. The Morgan fingerprint density at radius 2 is 1.81 bits per heavy atom. The molecule has 4 saturated carbocycles. The van der Waals surface area contributed by atoms with E-state index in [1.807, 2.05) is 0 Å². The first-order valence-electron chi connectivity index (χ1n) is 12.8. The molecule has 5 heteroatoms. The Bertz CT molecular complexity index is 696. The molecule has 0 heterocycles. The highest BCUT2D eigenvalue weighted by atomic mass is 16.3. The molecule has 0 spiro atoms. The molecule has 0 radical (unpaired) electrons. The van der Waals surface area contributed by atoms with E-state index in [9.17, 15) is 15.0 Å². The molecule has 4 fully saturated rings. The van der Waals surface area contributed by atoms with Crippen molar-refractivity contribution in [3.05, 3.63) is 0 Å². The van der Waals surface area contributed by atoms with Crippen molar-refractivity contribution in [1.29, 1.82) is 0 Å². The normalized spacial score (nSPS) is 48.0. The number of amides is 1. The van der Waals surface area contributed by atoms with Crippen LogP contribution in [0.3, 0.4) is 0 Å². The number of nitrogens with zero attached hydrogens (tertiary/aromatic N) is 1. The average Bonchev–Trinajstić information content (AvgIpc) is 3.09. The molecule has 176 valence electrons. The lowest BCUT2D eigenvalue weighted by atomic mass is 9.43. The van der Waals surface area contributed by atoms with Gasteiger partial charge in [-0.1, -0.05) is 20.8 Å². The highest BCUT2D eigenvalue weighted by Crippen LogP contribution is 2.68. The summed E-state index contributed by atoms with van der Waals surface area (Å²) in [6.45, 7) is 9.10. The molecule has 4 aliphatic rings. The number of nitrogens with one attached hydrogen (secondary N) is 1. The monoisotopic (exact) mass is 432 g/mol. The fraction of sp³-hybridized carbons (Fsp3) is 0.923. The van der Waals surface area contributed by atoms with Crippen molar-refractivity contribution in [2.24, 2.45) is 51.4 Å². The van der Waals surface area contributed by atoms with Crippen LogP contribution in [0.15, 0.2) is 5.10 Å². The molecule has 10 unspecified atom stereocenters. The van der Waals surface area contributed by atoms with Gasteiger partial charge in [0.1, 0.15) is 0 Å². The van der Waals surface area contributed by atoms with Crippen molar-refractivity contribution >= 4 is 12.1 Å². The third-order valence-electron chi connectivity index (χ3n) is 10.6. The van der Waals surface area contributed by atoms with E-state index < -0.39 is 0 Å². The molecule has 1 amide bonds. The summed E-state index contributed by atoms with van der Waals surface area (Å²) in [5.74, 6) is 3.22. The lowest BCUT2D eigenvalue weighted by molar-refractivity contribution is -0.174. The zero-order valence-electron chi connectivity index (χ0n) is 20.0. The number of hydrazone groups is 1. The highest BCUT2D eigenvalue weighted by Gasteiger charge is 2.62. The summed E-state index contributed by atoms with van der Waals surface area (Å²) >= 11 is 0. The van der Waals surface area contributed by atoms with E-state index in [4.69, 9.17) is 0 Å². The summed E-state index contributed by atoms with van der Waals surface area (Å²) in [5, 5.41) is 25.4. The van der Waals surface area contributed by atoms with Crippen LogP contribution in [0.5, 0.6) is 0 Å². The molecular weight excluding hydrogens is 388 g/mol. The maximum Gasteiger partial charge on any atom is 0.240 e. The number of rotatable bonds is 5. The summed E-state index contributed by atoms with van der Waals surface area (Å²) in [4.78, 5) is 12.0. The Hall–Kier alpha value is -0.940. The summed E-state index contributed by atoms with van der Waals surface area (Å²) in [6.07, 6.45) is 11.4. The van der Waals surface area contributed by atoms with Crippen LogP contribution in [0.4, 0.5) is 0 Å². The van der Waals surface area contributed by atoms with Gasteiger partial charge in [-0.15, -0.1) is 0 Å². The number of fused-ring (bicyclic) bond motifs is 5. The first-order valence-corrected chi connectivity index (χ1v) is 12.8. The molecular formula is C26H44N2O3. The van der Waals surface area contributed by atoms with E-state index in [0.717, 1.165) is 32.1 Å². The molecule has 0 bridgehead atoms. The van der Waals surface area contributed by atoms with Crippen molar-refractivity contribution in [2.45, 2.75) is 104 Å². The van der Waals surface area contributed by atoms with Crippen molar-refractivity contribution in [3.8, 4) is 0 Å². The minimum absolute atomic E-state index is 0.00881. The zero-order valence-corrected chi connectivity index (χ0v) is 20.0. The molecule has 4 rings (SSSR count). The Morgan fingerprint density at radius 3 is 2.55 bits per heavy atom. The fourth-order valence-corrected chi connectivity index (χ4v) is 8.93. The van der Waals surface area contributed by atoms with Crippen LogP contribution in [0.1, 0.15) is 91.9 Å². The second kappa shape index (κ2) is 8.78. The van der Waals surface area contributed by atoms with Gasteiger partial charge in [-0.05, 0) is 111 Å². The molecule has 3 N–H and O–H groups in total. The standard InChI is InChI=1S/C26H44N2O3/c1-5-27-28-23(31)9-6-16(2)19-7-8-20-24-21(11-13-26(19,20)4)25(3)12-10-18(29)14-17(25)15-22(24)30/h5,16-22,24,29-30H,6-15H2,1-4H3,(H,28,31)/b27-5+. The van der Waals surface area contributed by atoms with Gasteiger partial charge >= 0.3 is 0 Å². The summed E-state index contributed by atoms with van der Waals surface area (Å²) in [5.41, 5.74) is 3.16. The lowest BCUT2D eigenvalue weighted by Crippen LogP contribution is -2.58. The maximum atomic E-state index is 12.0. The molecule has 0 aromatic carbocycles.